The number of aromatic nitrogens is 2. The van der Waals surface area contributed by atoms with Crippen LogP contribution in [0, 0.1) is 35.5 Å². The number of ketones is 1. The van der Waals surface area contributed by atoms with Crippen LogP contribution in [0.4, 0.5) is 0 Å². The molecular weight excluding hydrogens is 1410 g/mol. The van der Waals surface area contributed by atoms with Gasteiger partial charge >= 0.3 is 65.4 Å². The van der Waals surface area contributed by atoms with Crippen LogP contribution in [0.15, 0.2) is 133 Å². The van der Waals surface area contributed by atoms with Gasteiger partial charge in [0.1, 0.15) is 22.4 Å². The van der Waals surface area contributed by atoms with Crippen molar-refractivity contribution < 1.29 is 105 Å². The van der Waals surface area contributed by atoms with E-state index in [1.807, 2.05) is 63.6 Å². The molecule has 594 valence electrons. The number of esters is 4. The predicted molar refractivity (Wildman–Crippen MR) is 421 cm³/mol. The number of carboxylic acids is 2. The van der Waals surface area contributed by atoms with E-state index < -0.39 is 34.0 Å². The normalized spacial score (nSPS) is 17.3. The van der Waals surface area contributed by atoms with Gasteiger partial charge in [-0.1, -0.05) is 170 Å². The summed E-state index contributed by atoms with van der Waals surface area (Å²) in [5.41, 5.74) is 18.2. The first kappa shape index (κ1) is 103. The molecule has 0 amide bonds. The Morgan fingerprint density at radius 1 is 0.626 bits per heavy atom. The Balaban J connectivity index is 0. The minimum Gasteiger partial charge on any atom is -0.744 e. The molecule has 13 atom stereocenters. The Kier molecular flexibility index (Phi) is 56.6. The topological polar surface area (TPSA) is 326 Å². The van der Waals surface area contributed by atoms with Gasteiger partial charge in [-0.15, -0.1) is 11.6 Å². The largest absolute Gasteiger partial charge is 1.00 e. The fraction of sp³-hybridized carbons (Fsp3) is 0.583. The zero-order valence-corrected chi connectivity index (χ0v) is 71.2. The third-order valence-corrected chi connectivity index (χ3v) is 20.8. The van der Waals surface area contributed by atoms with Crippen LogP contribution in [0.3, 0.4) is 0 Å². The van der Waals surface area contributed by atoms with Crippen molar-refractivity contribution in [1.82, 2.24) is 10.3 Å². The summed E-state index contributed by atoms with van der Waals surface area (Å²) in [7, 11) is -0.907. The molecule has 2 fully saturated rings. The first-order valence-corrected chi connectivity index (χ1v) is 39.8. The van der Waals surface area contributed by atoms with Crippen molar-refractivity contribution in [2.45, 2.75) is 259 Å². The standard InChI is InChI=1S/C22H30N2O2.C14H16O3.C11H15Cl.C10H14O3S.C9H14O4.C8H18N2O.C5H13N.C5H10O2.Na/c1-3-19(17-18(2)20-8-12-23-13-9-20)21-10-15-24(16-11-21)14-6-4-5-7-22(25)26;1-9(11-6-4-3-5-7-11)8-12-10(2)13(15)17-14(12)16;1-3-9(2)11-6-4-10(8-12)5-7-11;1-3-8(2)9-4-6-10(7-5-9)14(11,12)13;1-5(12-3)4-7-6(2)8(10)13-9(7)11;1-7(11)8(10-2)5-3-4-6-9;1-3-5(2)4-6;1-3-4(2)5(6)7;/h8-13,15-16,18-19H,3-7,14,17H2,1-2H3;3-7,9-10,12H,8H2,1-2H3;4-7,9H,3,8H2,1-2H3;4-8H,3H2,1-2H3,(H,11,12,13);5-7H,4H2,1-3H3;8,10H,3-6,9H2,1-2H3;5H,3-4,6H2,1-2H3;4H,3H2,1-2H3,(H,6,7);/q;;;;;;;;+1. The van der Waals surface area contributed by atoms with E-state index in [9.17, 15) is 46.5 Å². The number of carboxylic acid groups (broad SMARTS) is 2. The van der Waals surface area contributed by atoms with Gasteiger partial charge in [0.05, 0.1) is 46.6 Å². The van der Waals surface area contributed by atoms with Crippen LogP contribution in [0.1, 0.15) is 263 Å². The number of likely N-dealkylation sites (N-methyl/N-ethyl adjacent to an activating group) is 1. The van der Waals surface area contributed by atoms with E-state index in [1.165, 1.54) is 52.8 Å². The van der Waals surface area contributed by atoms with E-state index in [0.29, 0.717) is 54.9 Å². The second kappa shape index (κ2) is 58.8. The molecule has 2 aliphatic rings. The number of carbonyl (C=O) groups is 7. The number of aliphatic carboxylic acids is 2. The summed E-state index contributed by atoms with van der Waals surface area (Å²) in [6.45, 7) is 32.5. The number of halogens is 1. The number of nitrogens with zero attached hydrogens (tertiary/aromatic N) is 2. The van der Waals surface area contributed by atoms with E-state index in [2.05, 4.69) is 148 Å². The smallest absolute Gasteiger partial charge is 0.744 e. The van der Waals surface area contributed by atoms with Gasteiger partial charge < -0.3 is 45.8 Å². The number of nitrogens with two attached hydrogens (primary N) is 2. The van der Waals surface area contributed by atoms with Gasteiger partial charge in [-0.05, 0) is 198 Å². The number of aryl methyl sites for hydroxylation is 1. The predicted octanol–water partition coefficient (Wildman–Crippen LogP) is 13.4. The summed E-state index contributed by atoms with van der Waals surface area (Å²) in [5.74, 6) is -0.529. The second-order valence-corrected chi connectivity index (χ2v) is 29.5. The Morgan fingerprint density at radius 2 is 1.12 bits per heavy atom. The molecule has 7 rings (SSSR count). The maximum Gasteiger partial charge on any atom is 1.00 e. The fourth-order valence-electron chi connectivity index (χ4n) is 10.8. The summed E-state index contributed by atoms with van der Waals surface area (Å²) in [4.78, 5) is 80.2. The number of nitrogens with one attached hydrogen (secondary N) is 1. The van der Waals surface area contributed by atoms with Crippen LogP contribution in [-0.4, -0.2) is 109 Å². The van der Waals surface area contributed by atoms with E-state index in [4.69, 9.17) is 38.0 Å². The molecule has 0 radical (unpaired) electrons. The van der Waals surface area contributed by atoms with E-state index in [1.54, 1.807) is 46.9 Å². The molecule has 3 aromatic carbocycles. The Labute approximate surface area is 668 Å². The van der Waals surface area contributed by atoms with Crippen molar-refractivity contribution in [2.24, 2.45) is 47.0 Å². The van der Waals surface area contributed by atoms with Crippen molar-refractivity contribution in [3.8, 4) is 0 Å². The summed E-state index contributed by atoms with van der Waals surface area (Å²) in [5, 5.41) is 19.8. The first-order chi connectivity index (χ1) is 50.2. The van der Waals surface area contributed by atoms with Gasteiger partial charge in [0, 0.05) is 50.4 Å². The molecule has 2 saturated heterocycles. The third kappa shape index (κ3) is 43.2. The monoisotopic (exact) mass is 1540 g/mol. The van der Waals surface area contributed by atoms with Crippen molar-refractivity contribution >= 4 is 63.3 Å². The molecule has 7 N–H and O–H groups in total. The average molecular weight is 1540 g/mol. The summed E-state index contributed by atoms with van der Waals surface area (Å²) >= 11 is 5.69. The Morgan fingerprint density at radius 3 is 1.50 bits per heavy atom. The van der Waals surface area contributed by atoms with Gasteiger partial charge in [0.2, 0.25) is 0 Å². The van der Waals surface area contributed by atoms with Crippen LogP contribution in [0.25, 0.3) is 0 Å². The summed E-state index contributed by atoms with van der Waals surface area (Å²) in [6.07, 6.45) is 21.6. The molecule has 0 spiro atoms. The van der Waals surface area contributed by atoms with Gasteiger partial charge in [-0.25, -0.2) is 13.0 Å². The van der Waals surface area contributed by atoms with Gasteiger partial charge in [0.15, 0.2) is 12.4 Å². The number of benzene rings is 3. The maximum atomic E-state index is 11.5. The number of cyclic esters (lactones) is 4. The molecular formula is C84H130ClN5NaO15S+. The van der Waals surface area contributed by atoms with Crippen molar-refractivity contribution in [1.29, 1.82) is 0 Å². The quantitative estimate of drug-likeness (QED) is 0.00495. The van der Waals surface area contributed by atoms with Gasteiger partial charge in [-0.3, -0.25) is 38.5 Å². The SMILES string of the molecule is CC(CC1C(=O)OC(=O)C1C)c1ccccc1.CCC(C)C(=O)O.CCC(C)CN.CCC(C)c1ccc(CCl)cc1.CCC(C)c1ccc(S(=O)(=O)[O-])cc1.CCC(CC(C)c1ccncc1)c1cc[n+](CCCCCC(=O)O)cc1.CNC(CCCCN)C(C)=O.COC(C)CC1C(=O)OC(=O)C1C.[Na+]. The van der Waals surface area contributed by atoms with Crippen LogP contribution < -0.4 is 50.9 Å². The second-order valence-electron chi connectivity index (χ2n) is 27.8. The maximum absolute atomic E-state index is 11.5. The molecule has 23 heteroatoms. The van der Waals surface area contributed by atoms with E-state index in [-0.39, 0.29) is 106 Å². The average Bonchev–Trinajstić information content (AvgIpc) is 1.76. The Hall–Kier alpha value is -6.11. The minimum atomic E-state index is -4.30. The number of carbonyl (C=O) groups excluding carboxylic acids is 5. The first-order valence-electron chi connectivity index (χ1n) is 37.9. The van der Waals surface area contributed by atoms with Gasteiger partial charge in [-0.2, -0.15) is 0 Å². The summed E-state index contributed by atoms with van der Waals surface area (Å²) < 4.78 is 48.2. The number of Topliss-reactive ketones (excluding diaryl/α,β-unsaturated/α-hetero) is 1. The van der Waals surface area contributed by atoms with E-state index >= 15 is 0 Å². The number of hydrogen-bond donors (Lipinski definition) is 5. The number of unbranched alkanes of at least 4 members (excludes halogenated alkanes) is 3. The molecule has 20 nitrogen and oxygen atoms in total. The number of methoxy groups -OCH3 is 1. The molecule has 107 heavy (non-hydrogen) atoms. The minimum absolute atomic E-state index is 0. The molecule has 5 aromatic rings. The van der Waals surface area contributed by atoms with Crippen LogP contribution in [-0.2, 0) is 70.3 Å². The number of pyridine rings is 2. The molecule has 4 heterocycles. The number of hydrogen-bond acceptors (Lipinski definition) is 17. The molecule has 0 bridgehead atoms. The molecule has 2 aliphatic heterocycles. The Bertz CT molecular complexity index is 3350. The number of rotatable bonds is 33. The van der Waals surface area contributed by atoms with Crippen molar-refractivity contribution in [3.63, 3.8) is 0 Å². The molecule has 13 unspecified atom stereocenters. The van der Waals surface area contributed by atoms with Crippen LogP contribution >= 0.6 is 11.6 Å². The third-order valence-electron chi connectivity index (χ3n) is 19.6. The zero-order chi connectivity index (χ0) is 80.5. The number of ether oxygens (including phenoxy) is 3. The molecule has 0 aliphatic carbocycles. The molecule has 2 aromatic heterocycles. The summed E-state index contributed by atoms with van der Waals surface area (Å²) in [6, 6.07) is 33.4. The van der Waals surface area contributed by atoms with E-state index in [0.717, 1.165) is 82.9 Å². The molecule has 0 saturated carbocycles. The van der Waals surface area contributed by atoms with Crippen molar-refractivity contribution in [3.05, 3.63) is 161 Å². The fourth-order valence-corrected chi connectivity index (χ4v) is 11.5. The van der Waals surface area contributed by atoms with Crippen LogP contribution in [0.2, 0.25) is 0 Å². The van der Waals surface area contributed by atoms with Crippen molar-refractivity contribution in [2.75, 3.05) is 27.2 Å². The zero-order valence-electron chi connectivity index (χ0n) is 67.6. The van der Waals surface area contributed by atoms with Crippen LogP contribution in [0.5, 0.6) is 0 Å². The van der Waals surface area contributed by atoms with Gasteiger partial charge in [0.25, 0.3) is 0 Å². The number of alkyl halides is 1.